The summed E-state index contributed by atoms with van der Waals surface area (Å²) in [5.41, 5.74) is -1.01. The summed E-state index contributed by atoms with van der Waals surface area (Å²) in [4.78, 5) is 0.326. The zero-order valence-corrected chi connectivity index (χ0v) is 14.6. The van der Waals surface area contributed by atoms with Crippen LogP contribution in [0.1, 0.15) is 11.3 Å². The minimum Gasteiger partial charge on any atom is -0.372 e. The van der Waals surface area contributed by atoms with Crippen molar-refractivity contribution in [3.8, 4) is 11.8 Å². The van der Waals surface area contributed by atoms with Gasteiger partial charge in [0.15, 0.2) is 5.69 Å². The lowest BCUT2D eigenvalue weighted by Gasteiger charge is -2.14. The van der Waals surface area contributed by atoms with Crippen molar-refractivity contribution in [3.63, 3.8) is 0 Å². The van der Waals surface area contributed by atoms with Crippen molar-refractivity contribution in [1.29, 1.82) is 10.0 Å². The summed E-state index contributed by atoms with van der Waals surface area (Å²) in [6.45, 7) is 0. The standard InChI is InChI=1S/C13H10Cl2F3N5S/c1-21-12-11(24(2)20)9(5-19)22-23(12)10-7(14)3-6(4-8(10)15)13(16,17)18/h3-4,20-21H,1-2H3. The quantitative estimate of drug-likeness (QED) is 0.803. The number of alkyl halides is 3. The van der Waals surface area contributed by atoms with E-state index in [0.717, 1.165) is 16.8 Å². The maximum atomic E-state index is 12.8. The molecule has 1 aromatic carbocycles. The molecule has 1 heterocycles. The monoisotopic (exact) mass is 395 g/mol. The Morgan fingerprint density at radius 2 is 1.88 bits per heavy atom. The van der Waals surface area contributed by atoms with E-state index in [1.54, 1.807) is 6.26 Å². The molecule has 0 fully saturated rings. The minimum atomic E-state index is -4.60. The molecule has 11 heteroatoms. The SMILES string of the molecule is CNc1c(S(C)=N)c(C#N)nn1-c1c(Cl)cc(C(F)(F)F)cc1Cl. The van der Waals surface area contributed by atoms with E-state index in [4.69, 9.17) is 28.0 Å². The Balaban J connectivity index is 2.79. The lowest BCUT2D eigenvalue weighted by atomic mass is 10.2. The molecule has 2 rings (SSSR count). The largest absolute Gasteiger partial charge is 0.416 e. The Hall–Kier alpha value is -1.76. The molecule has 0 radical (unpaired) electrons. The fourth-order valence-corrected chi connectivity index (χ4v) is 3.58. The molecule has 128 valence electrons. The van der Waals surface area contributed by atoms with Crippen molar-refractivity contribution in [1.82, 2.24) is 9.78 Å². The molecule has 0 bridgehead atoms. The zero-order valence-electron chi connectivity index (χ0n) is 12.3. The molecule has 2 N–H and O–H groups in total. The Morgan fingerprint density at radius 1 is 1.33 bits per heavy atom. The van der Waals surface area contributed by atoms with Gasteiger partial charge in [0, 0.05) is 7.05 Å². The molecule has 2 aromatic rings. The number of hydrogen-bond donors (Lipinski definition) is 2. The lowest BCUT2D eigenvalue weighted by Crippen LogP contribution is -2.09. The highest BCUT2D eigenvalue weighted by molar-refractivity contribution is 7.85. The predicted molar refractivity (Wildman–Crippen MR) is 87.1 cm³/mol. The first kappa shape index (κ1) is 18.6. The van der Waals surface area contributed by atoms with Gasteiger partial charge in [-0.05, 0) is 18.4 Å². The van der Waals surface area contributed by atoms with Gasteiger partial charge < -0.3 is 5.32 Å². The molecular formula is C13H10Cl2F3N5S. The summed E-state index contributed by atoms with van der Waals surface area (Å²) in [7, 11) is 0.468. The summed E-state index contributed by atoms with van der Waals surface area (Å²) in [6, 6.07) is 3.34. The summed E-state index contributed by atoms with van der Waals surface area (Å²) in [6.07, 6.45) is -3.03. The van der Waals surface area contributed by atoms with Gasteiger partial charge in [-0.1, -0.05) is 33.9 Å². The van der Waals surface area contributed by atoms with Gasteiger partial charge in [-0.25, -0.2) is 4.68 Å². The van der Waals surface area contributed by atoms with Crippen LogP contribution in [0.3, 0.4) is 0 Å². The van der Waals surface area contributed by atoms with Crippen LogP contribution in [0.2, 0.25) is 10.0 Å². The van der Waals surface area contributed by atoms with E-state index in [1.807, 2.05) is 6.07 Å². The number of hydrogen-bond acceptors (Lipinski definition) is 4. The fourth-order valence-electron chi connectivity index (χ4n) is 2.08. The van der Waals surface area contributed by atoms with Crippen LogP contribution >= 0.6 is 23.2 Å². The van der Waals surface area contributed by atoms with Crippen molar-refractivity contribution in [3.05, 3.63) is 33.4 Å². The van der Waals surface area contributed by atoms with Crippen LogP contribution in [0.15, 0.2) is 17.0 Å². The average molecular weight is 396 g/mol. The van der Waals surface area contributed by atoms with E-state index in [0.29, 0.717) is 4.90 Å². The maximum absolute atomic E-state index is 12.8. The van der Waals surface area contributed by atoms with Crippen LogP contribution in [0.4, 0.5) is 19.0 Å². The second-order valence-corrected chi connectivity index (χ2v) is 6.84. The maximum Gasteiger partial charge on any atom is 0.416 e. The van der Waals surface area contributed by atoms with Crippen LogP contribution in [-0.2, 0) is 16.9 Å². The highest BCUT2D eigenvalue weighted by Gasteiger charge is 2.33. The van der Waals surface area contributed by atoms with Gasteiger partial charge in [-0.3, -0.25) is 4.78 Å². The van der Waals surface area contributed by atoms with Gasteiger partial charge in [-0.15, -0.1) is 0 Å². The van der Waals surface area contributed by atoms with Gasteiger partial charge >= 0.3 is 6.18 Å². The van der Waals surface area contributed by atoms with E-state index in [2.05, 4.69) is 10.4 Å². The number of nitrogens with one attached hydrogen (secondary N) is 2. The molecule has 24 heavy (non-hydrogen) atoms. The van der Waals surface area contributed by atoms with Crippen molar-refractivity contribution in [2.45, 2.75) is 11.1 Å². The van der Waals surface area contributed by atoms with Gasteiger partial charge in [0.05, 0.1) is 20.5 Å². The number of benzene rings is 1. The summed E-state index contributed by atoms with van der Waals surface area (Å²) in [5.74, 6) is 0.274. The van der Waals surface area contributed by atoms with Gasteiger partial charge in [0.1, 0.15) is 17.6 Å². The van der Waals surface area contributed by atoms with E-state index in [9.17, 15) is 18.4 Å². The van der Waals surface area contributed by atoms with E-state index in [-0.39, 0.29) is 27.2 Å². The van der Waals surface area contributed by atoms with Crippen LogP contribution in [-0.4, -0.2) is 23.1 Å². The number of rotatable bonds is 3. The first-order valence-corrected chi connectivity index (χ1v) is 8.65. The molecule has 0 saturated heterocycles. The zero-order chi connectivity index (χ0) is 18.2. The highest BCUT2D eigenvalue weighted by atomic mass is 35.5. The Morgan fingerprint density at radius 3 is 2.25 bits per heavy atom. The molecule has 0 spiro atoms. The number of nitrogens with zero attached hydrogens (tertiary/aromatic N) is 3. The molecule has 0 aliphatic rings. The minimum absolute atomic E-state index is 0.00360. The lowest BCUT2D eigenvalue weighted by molar-refractivity contribution is -0.137. The molecule has 5 nitrogen and oxygen atoms in total. The Labute approximate surface area is 147 Å². The molecule has 0 aliphatic heterocycles. The van der Waals surface area contributed by atoms with Crippen LogP contribution in [0.25, 0.3) is 5.69 Å². The van der Waals surface area contributed by atoms with E-state index < -0.39 is 22.4 Å². The van der Waals surface area contributed by atoms with Gasteiger partial charge in [0.2, 0.25) is 0 Å². The van der Waals surface area contributed by atoms with Gasteiger partial charge in [0.25, 0.3) is 0 Å². The third-order valence-corrected chi connectivity index (χ3v) is 4.62. The number of anilines is 1. The third kappa shape index (κ3) is 3.22. The van der Waals surface area contributed by atoms with Crippen LogP contribution < -0.4 is 5.32 Å². The first-order chi connectivity index (χ1) is 11.1. The predicted octanol–water partition coefficient (Wildman–Crippen LogP) is 4.48. The topological polar surface area (TPSA) is 77.5 Å². The molecule has 0 amide bonds. The molecule has 1 atom stereocenters. The van der Waals surface area contributed by atoms with E-state index in [1.165, 1.54) is 7.05 Å². The molecular weight excluding hydrogens is 386 g/mol. The van der Waals surface area contributed by atoms with Crippen molar-refractivity contribution in [2.75, 3.05) is 18.6 Å². The normalized spacial score (nSPS) is 12.8. The number of nitriles is 1. The molecule has 1 unspecified atom stereocenters. The van der Waals surface area contributed by atoms with Crippen LogP contribution in [0, 0.1) is 16.1 Å². The summed E-state index contributed by atoms with van der Waals surface area (Å²) < 4.78 is 47.5. The molecule has 1 aromatic heterocycles. The van der Waals surface area contributed by atoms with Crippen molar-refractivity contribution < 1.29 is 13.2 Å². The average Bonchev–Trinajstić information content (AvgIpc) is 2.84. The summed E-state index contributed by atoms with van der Waals surface area (Å²) >= 11 is 12.0. The van der Waals surface area contributed by atoms with Crippen molar-refractivity contribution in [2.24, 2.45) is 0 Å². The second kappa shape index (κ2) is 6.63. The smallest absolute Gasteiger partial charge is 0.372 e. The van der Waals surface area contributed by atoms with Crippen LogP contribution in [0.5, 0.6) is 0 Å². The molecule has 0 saturated carbocycles. The first-order valence-electron chi connectivity index (χ1n) is 6.26. The molecule has 0 aliphatic carbocycles. The fraction of sp³-hybridized carbons (Fsp3) is 0.231. The number of halogens is 5. The van der Waals surface area contributed by atoms with Gasteiger partial charge in [-0.2, -0.15) is 23.5 Å². The number of aromatic nitrogens is 2. The second-order valence-electron chi connectivity index (χ2n) is 4.60. The third-order valence-electron chi connectivity index (χ3n) is 3.05. The summed E-state index contributed by atoms with van der Waals surface area (Å²) in [5, 5.41) is 15.5. The Kier molecular flexibility index (Phi) is 5.13. The van der Waals surface area contributed by atoms with E-state index >= 15 is 0 Å². The Bertz CT molecular complexity index is 847. The van der Waals surface area contributed by atoms with Crippen molar-refractivity contribution >= 4 is 39.7 Å². The highest BCUT2D eigenvalue weighted by Crippen LogP contribution is 2.39.